The molecule has 4 heterocycles. The molecule has 1 aromatic rings. The van der Waals surface area contributed by atoms with Gasteiger partial charge in [0.25, 0.3) is 5.97 Å². The van der Waals surface area contributed by atoms with Crippen LogP contribution in [0.1, 0.15) is 99.2 Å². The summed E-state index contributed by atoms with van der Waals surface area (Å²) in [5.74, 6) is -8.14. The predicted molar refractivity (Wildman–Crippen MR) is 187 cm³/mol. The normalized spacial score (nSPS) is 49.8. The minimum absolute atomic E-state index is 0.0865. The van der Waals surface area contributed by atoms with Crippen molar-refractivity contribution in [1.82, 2.24) is 0 Å². The highest BCUT2D eigenvalue weighted by molar-refractivity contribution is 5.83. The zero-order chi connectivity index (χ0) is 41.7. The zero-order valence-corrected chi connectivity index (χ0v) is 33.8. The lowest BCUT2D eigenvalue weighted by molar-refractivity contribution is -0.487. The Labute approximate surface area is 329 Å². The van der Waals surface area contributed by atoms with Gasteiger partial charge in [-0.2, -0.15) is 0 Å². The fraction of sp³-hybridized carbons (Fsp3) is 0.775. The van der Waals surface area contributed by atoms with Crippen LogP contribution in [0.5, 0.6) is 0 Å². The summed E-state index contributed by atoms with van der Waals surface area (Å²) >= 11 is 0. The smallest absolute Gasteiger partial charge is 0.341 e. The number of hydrogen-bond donors (Lipinski definition) is 2. The maximum Gasteiger partial charge on any atom is 0.341 e. The van der Waals surface area contributed by atoms with E-state index in [4.69, 9.17) is 47.0 Å². The number of aliphatic hydroxyl groups is 2. The van der Waals surface area contributed by atoms with Crippen molar-refractivity contribution in [2.45, 2.75) is 152 Å². The highest BCUT2D eigenvalue weighted by Crippen LogP contribution is 2.89. The number of furan rings is 1. The van der Waals surface area contributed by atoms with Crippen LogP contribution in [0.15, 0.2) is 23.0 Å². The molecule has 7 aliphatic rings. The van der Waals surface area contributed by atoms with Gasteiger partial charge in [-0.15, -0.1) is 0 Å². The number of ether oxygens (including phenoxy) is 9. The third-order valence-electron chi connectivity index (χ3n) is 15.5. The van der Waals surface area contributed by atoms with Gasteiger partial charge in [-0.3, -0.25) is 19.2 Å². The Kier molecular flexibility index (Phi) is 8.46. The van der Waals surface area contributed by atoms with Crippen LogP contribution in [0.4, 0.5) is 0 Å². The number of aliphatic hydroxyl groups excluding tert-OH is 1. The van der Waals surface area contributed by atoms with E-state index in [2.05, 4.69) is 0 Å². The summed E-state index contributed by atoms with van der Waals surface area (Å²) in [5.41, 5.74) is -14.4. The van der Waals surface area contributed by atoms with Crippen LogP contribution >= 0.6 is 0 Å². The third kappa shape index (κ3) is 4.42. The van der Waals surface area contributed by atoms with Crippen molar-refractivity contribution < 1.29 is 81.2 Å². The van der Waals surface area contributed by atoms with Gasteiger partial charge in [0.15, 0.2) is 22.9 Å². The van der Waals surface area contributed by atoms with E-state index in [0.29, 0.717) is 5.56 Å². The average Bonchev–Trinajstić information content (AvgIpc) is 3.47. The van der Waals surface area contributed by atoms with Gasteiger partial charge in [0.05, 0.1) is 45.4 Å². The first-order chi connectivity index (χ1) is 26.5. The van der Waals surface area contributed by atoms with Gasteiger partial charge in [-0.25, -0.2) is 4.79 Å². The summed E-state index contributed by atoms with van der Waals surface area (Å²) in [5, 5.41) is 27.3. The number of carbonyl (C=O) groups is 5. The van der Waals surface area contributed by atoms with Crippen molar-refractivity contribution in [2.24, 2.45) is 28.1 Å². The topological polar surface area (TPSA) is 225 Å². The molecule has 4 aliphatic carbocycles. The number of rotatable bonds is 11. The molecule has 3 saturated heterocycles. The molecule has 7 fully saturated rings. The van der Waals surface area contributed by atoms with Crippen LogP contribution in [0, 0.1) is 28.1 Å². The number of epoxide rings is 1. The molecule has 1 unspecified atom stereocenters. The number of methoxy groups -OCH3 is 2. The minimum atomic E-state index is -2.53. The second-order valence-electron chi connectivity index (χ2n) is 18.0. The Morgan fingerprint density at radius 2 is 1.54 bits per heavy atom. The van der Waals surface area contributed by atoms with Crippen LogP contribution in [0.25, 0.3) is 0 Å². The predicted octanol–water partition coefficient (Wildman–Crippen LogP) is 2.57. The summed E-state index contributed by atoms with van der Waals surface area (Å²) in [4.78, 5) is 68.5. The van der Waals surface area contributed by atoms with E-state index >= 15 is 0 Å². The van der Waals surface area contributed by atoms with E-state index in [1.165, 1.54) is 40.6 Å². The summed E-state index contributed by atoms with van der Waals surface area (Å²) in [6, 6.07) is 1.57. The molecule has 4 bridgehead atoms. The van der Waals surface area contributed by atoms with Gasteiger partial charge >= 0.3 is 29.8 Å². The van der Waals surface area contributed by atoms with Gasteiger partial charge in [-0.1, -0.05) is 27.7 Å². The van der Waals surface area contributed by atoms with E-state index in [1.807, 2.05) is 0 Å². The number of hydrogen-bond acceptors (Lipinski definition) is 17. The van der Waals surface area contributed by atoms with Gasteiger partial charge < -0.3 is 57.3 Å². The fourth-order valence-corrected chi connectivity index (χ4v) is 13.2. The third-order valence-corrected chi connectivity index (χ3v) is 15.5. The van der Waals surface area contributed by atoms with Crippen molar-refractivity contribution in [1.29, 1.82) is 0 Å². The average molecular weight is 805 g/mol. The first-order valence-electron chi connectivity index (χ1n) is 19.4. The lowest BCUT2D eigenvalue weighted by atomic mass is 9.33. The Morgan fingerprint density at radius 1 is 0.912 bits per heavy atom. The van der Waals surface area contributed by atoms with Crippen LogP contribution in [0.2, 0.25) is 0 Å². The van der Waals surface area contributed by atoms with Crippen molar-refractivity contribution in [3.05, 3.63) is 24.2 Å². The first kappa shape index (κ1) is 40.2. The highest BCUT2D eigenvalue weighted by Gasteiger charge is 3.05. The lowest BCUT2D eigenvalue weighted by Gasteiger charge is -2.77. The lowest BCUT2D eigenvalue weighted by Crippen LogP contribution is -2.95. The maximum absolute atomic E-state index is 14.2. The molecule has 1 aromatic heterocycles. The van der Waals surface area contributed by atoms with E-state index in [0.717, 1.165) is 0 Å². The molecule has 4 saturated carbocycles. The molecule has 17 nitrogen and oxygen atoms in total. The number of carbonyl (C=O) groups excluding carboxylic acids is 5. The van der Waals surface area contributed by atoms with Crippen molar-refractivity contribution in [3.63, 3.8) is 0 Å². The monoisotopic (exact) mass is 804 g/mol. The maximum atomic E-state index is 14.2. The van der Waals surface area contributed by atoms with Crippen LogP contribution in [0.3, 0.4) is 0 Å². The number of esters is 5. The number of fused-ring (bicyclic) bond motifs is 2. The van der Waals surface area contributed by atoms with Crippen LogP contribution in [-0.2, 0) is 66.6 Å². The van der Waals surface area contributed by atoms with Crippen molar-refractivity contribution in [3.8, 4) is 0 Å². The SMILES string of the molecule is CCC(=O)O[C@@H]1[C@@]2(O)[C@@H](OC(=O)[C@@]3(C)O[C@@H]3C)[C@@]3(C)C[C@]24OC2(C)O[C@]15[C@H](CC(=O)OC)[C@](C)([C@@H](OC(C)=O)c1ccoc1)C[C@@H](O)[C@]5(O2)[C@]4(C)[C@H]3CC(=O)OC. The molecule has 8 rings (SSSR count). The van der Waals surface area contributed by atoms with Crippen molar-refractivity contribution >= 4 is 29.8 Å². The standard InChI is InChI=1S/C40H52O17/c1-11-25(43)52-30-38(47)29(53-31(46)34(6)19(2)54-34)33(5)18-37(38)35(7,22(33)14-26(44)48-9)40-24(42)16-32(4,28(51-20(3)41)21-12-13-50-17-21)23(15-27(45)49-10)39(30,40)56-36(8,55-37)57-40/h12-13,17,19,22-24,28-30,42,47H,11,14-16,18H2,1-10H3/t19-,22+,23-,24-,28+,29+,30-,32-,33+,34+,35-,36?,37-,38+,39-,40+/m1/s1. The molecule has 0 amide bonds. The van der Waals surface area contributed by atoms with Crippen molar-refractivity contribution in [2.75, 3.05) is 14.2 Å². The quantitative estimate of drug-likeness (QED) is 0.186. The fourth-order valence-electron chi connectivity index (χ4n) is 13.2. The molecule has 17 heteroatoms. The molecule has 3 aliphatic heterocycles. The van der Waals surface area contributed by atoms with Crippen LogP contribution < -0.4 is 0 Å². The largest absolute Gasteiger partial charge is 0.472 e. The summed E-state index contributed by atoms with van der Waals surface area (Å²) in [6.07, 6.45) is -5.50. The Balaban J connectivity index is 1.48. The Hall–Kier alpha value is -3.61. The second-order valence-corrected chi connectivity index (χ2v) is 18.0. The second kappa shape index (κ2) is 12.0. The van der Waals surface area contributed by atoms with Gasteiger partial charge in [-0.05, 0) is 38.7 Å². The molecule has 2 N–H and O–H groups in total. The van der Waals surface area contributed by atoms with E-state index in [-0.39, 0.29) is 25.7 Å². The molecule has 16 atom stereocenters. The van der Waals surface area contributed by atoms with E-state index in [1.54, 1.807) is 47.6 Å². The van der Waals surface area contributed by atoms with Crippen LogP contribution in [-0.4, -0.2) is 113 Å². The molecule has 0 radical (unpaired) electrons. The zero-order valence-electron chi connectivity index (χ0n) is 33.8. The highest BCUT2D eigenvalue weighted by atomic mass is 16.9. The summed E-state index contributed by atoms with van der Waals surface area (Å²) < 4.78 is 61.7. The van der Waals surface area contributed by atoms with Gasteiger partial charge in [0.1, 0.15) is 23.4 Å². The molecule has 0 aromatic carbocycles. The molecular formula is C40H52O17. The Bertz CT molecular complexity index is 1920. The molecule has 314 valence electrons. The summed E-state index contributed by atoms with van der Waals surface area (Å²) in [6.45, 7) is 12.6. The van der Waals surface area contributed by atoms with E-state index in [9.17, 15) is 34.2 Å². The summed E-state index contributed by atoms with van der Waals surface area (Å²) in [7, 11) is 2.42. The van der Waals surface area contributed by atoms with E-state index < -0.39 is 129 Å². The first-order valence-corrected chi connectivity index (χ1v) is 19.4. The van der Waals surface area contributed by atoms with Gasteiger partial charge in [0.2, 0.25) is 0 Å². The minimum Gasteiger partial charge on any atom is -0.472 e. The molecule has 2 spiro atoms. The molecule has 57 heavy (non-hydrogen) atoms. The van der Waals surface area contributed by atoms with Gasteiger partial charge in [0, 0.05) is 54.4 Å². The Morgan fingerprint density at radius 3 is 2.09 bits per heavy atom. The molecular weight excluding hydrogens is 752 g/mol.